The molecule has 1 saturated heterocycles. The number of piperazine rings is 1. The van der Waals surface area contributed by atoms with Gasteiger partial charge in [0.2, 0.25) is 0 Å². The summed E-state index contributed by atoms with van der Waals surface area (Å²) in [6.07, 6.45) is 1.08. The van der Waals surface area contributed by atoms with Crippen molar-refractivity contribution in [1.29, 1.82) is 0 Å². The Kier molecular flexibility index (Phi) is 3.55. The molecule has 16 heavy (non-hydrogen) atoms. The minimum Gasteiger partial charge on any atom is -0.365 e. The number of hydrogen-bond acceptors (Lipinski definition) is 2. The summed E-state index contributed by atoms with van der Waals surface area (Å²) in [5, 5.41) is 4.74. The third-order valence-corrected chi connectivity index (χ3v) is 3.96. The molecular weight excluding hydrogens is 266 g/mol. The molecule has 0 aliphatic carbocycles. The zero-order valence-electron chi connectivity index (χ0n) is 8.67. The second kappa shape index (κ2) is 4.61. The second-order valence-corrected chi connectivity index (χ2v) is 4.96. The Morgan fingerprint density at radius 3 is 2.81 bits per heavy atom. The van der Waals surface area contributed by atoms with Gasteiger partial charge < -0.3 is 10.2 Å². The maximum absolute atomic E-state index is 6.05. The third kappa shape index (κ3) is 1.88. The van der Waals surface area contributed by atoms with E-state index in [0.717, 1.165) is 26.1 Å². The predicted octanol–water partition coefficient (Wildman–Crippen LogP) is 2.75. The fourth-order valence-electron chi connectivity index (χ4n) is 2.52. The molecule has 0 amide bonds. The zero-order chi connectivity index (χ0) is 10.4. The number of benzene rings is 1. The van der Waals surface area contributed by atoms with Crippen LogP contribution in [0.5, 0.6) is 0 Å². The van der Waals surface area contributed by atoms with Crippen LogP contribution in [-0.2, 0) is 6.42 Å². The Morgan fingerprint density at radius 1 is 1.25 bits per heavy atom. The number of anilines is 1. The van der Waals surface area contributed by atoms with Crippen LogP contribution in [0.3, 0.4) is 0 Å². The molecule has 2 nitrogen and oxygen atoms in total. The molecule has 1 aromatic rings. The standard InChI is InChI=1S/C11H12Cl2N2.ClH/c12-9-4-7-3-8-6-14-1-2-15(8)11(7)5-10(9)13;/h4-5,8,14H,1-3,6H2;1H. The lowest BCUT2D eigenvalue weighted by atomic mass is 10.1. The third-order valence-electron chi connectivity index (χ3n) is 3.24. The number of nitrogens with zero attached hydrogens (tertiary/aromatic N) is 1. The minimum absolute atomic E-state index is 0. The molecule has 2 aliphatic heterocycles. The molecule has 2 aliphatic rings. The SMILES string of the molecule is Cl.Clc1cc2c(cc1Cl)N1CCNCC1C2. The first-order valence-electron chi connectivity index (χ1n) is 5.21. The fourth-order valence-corrected chi connectivity index (χ4v) is 2.87. The Bertz CT molecular complexity index is 408. The van der Waals surface area contributed by atoms with E-state index in [1.807, 2.05) is 12.1 Å². The highest BCUT2D eigenvalue weighted by Crippen LogP contribution is 2.38. The Labute approximate surface area is 111 Å². The first-order chi connectivity index (χ1) is 7.25. The Morgan fingerprint density at radius 2 is 2.00 bits per heavy atom. The van der Waals surface area contributed by atoms with Crippen molar-refractivity contribution in [2.24, 2.45) is 0 Å². The van der Waals surface area contributed by atoms with Gasteiger partial charge in [-0.05, 0) is 24.1 Å². The molecule has 2 heterocycles. The number of rotatable bonds is 0. The molecule has 3 rings (SSSR count). The van der Waals surface area contributed by atoms with Crippen molar-refractivity contribution in [3.8, 4) is 0 Å². The zero-order valence-corrected chi connectivity index (χ0v) is 11.0. The number of fused-ring (bicyclic) bond motifs is 3. The summed E-state index contributed by atoms with van der Waals surface area (Å²) in [5.74, 6) is 0. The molecule has 1 N–H and O–H groups in total. The van der Waals surface area contributed by atoms with Gasteiger partial charge in [-0.3, -0.25) is 0 Å². The van der Waals surface area contributed by atoms with Crippen molar-refractivity contribution < 1.29 is 0 Å². The quantitative estimate of drug-likeness (QED) is 0.785. The van der Waals surface area contributed by atoms with Crippen LogP contribution in [0.25, 0.3) is 0 Å². The van der Waals surface area contributed by atoms with Crippen LogP contribution in [0.2, 0.25) is 10.0 Å². The van der Waals surface area contributed by atoms with Crippen molar-refractivity contribution in [3.63, 3.8) is 0 Å². The highest BCUT2D eigenvalue weighted by molar-refractivity contribution is 6.42. The summed E-state index contributed by atoms with van der Waals surface area (Å²) in [4.78, 5) is 2.44. The van der Waals surface area contributed by atoms with Crippen LogP contribution in [-0.4, -0.2) is 25.7 Å². The molecule has 0 bridgehead atoms. The van der Waals surface area contributed by atoms with E-state index in [0.29, 0.717) is 16.1 Å². The average molecular weight is 280 g/mol. The largest absolute Gasteiger partial charge is 0.365 e. The first-order valence-corrected chi connectivity index (χ1v) is 5.96. The van der Waals surface area contributed by atoms with Crippen LogP contribution in [0.15, 0.2) is 12.1 Å². The van der Waals surface area contributed by atoms with Gasteiger partial charge in [-0.15, -0.1) is 12.4 Å². The fraction of sp³-hybridized carbons (Fsp3) is 0.455. The van der Waals surface area contributed by atoms with Gasteiger partial charge in [0.15, 0.2) is 0 Å². The Balaban J connectivity index is 0.000000963. The van der Waals surface area contributed by atoms with E-state index < -0.39 is 0 Å². The lowest BCUT2D eigenvalue weighted by molar-refractivity contribution is 0.495. The van der Waals surface area contributed by atoms with Crippen molar-refractivity contribution in [2.75, 3.05) is 24.5 Å². The number of halogens is 3. The van der Waals surface area contributed by atoms with Crippen molar-refractivity contribution >= 4 is 41.3 Å². The van der Waals surface area contributed by atoms with Gasteiger partial charge in [-0.25, -0.2) is 0 Å². The van der Waals surface area contributed by atoms with Gasteiger partial charge in [0.1, 0.15) is 0 Å². The molecule has 1 unspecified atom stereocenters. The summed E-state index contributed by atoms with van der Waals surface area (Å²) >= 11 is 12.1. The molecular formula is C11H13Cl3N2. The van der Waals surface area contributed by atoms with Gasteiger partial charge in [0, 0.05) is 31.4 Å². The minimum atomic E-state index is 0. The summed E-state index contributed by atoms with van der Waals surface area (Å²) in [5.41, 5.74) is 2.61. The molecule has 5 heteroatoms. The predicted molar refractivity (Wildman–Crippen MR) is 71.4 cm³/mol. The number of nitrogens with one attached hydrogen (secondary N) is 1. The highest BCUT2D eigenvalue weighted by atomic mass is 35.5. The molecule has 1 fully saturated rings. The van der Waals surface area contributed by atoms with E-state index in [1.54, 1.807) is 0 Å². The van der Waals surface area contributed by atoms with Gasteiger partial charge >= 0.3 is 0 Å². The molecule has 0 saturated carbocycles. The van der Waals surface area contributed by atoms with Crippen LogP contribution >= 0.6 is 35.6 Å². The molecule has 88 valence electrons. The van der Waals surface area contributed by atoms with Crippen molar-refractivity contribution in [1.82, 2.24) is 5.32 Å². The van der Waals surface area contributed by atoms with E-state index in [2.05, 4.69) is 10.2 Å². The van der Waals surface area contributed by atoms with Crippen molar-refractivity contribution in [2.45, 2.75) is 12.5 Å². The van der Waals surface area contributed by atoms with E-state index in [4.69, 9.17) is 23.2 Å². The van der Waals surface area contributed by atoms with Crippen LogP contribution in [0.1, 0.15) is 5.56 Å². The van der Waals surface area contributed by atoms with Crippen molar-refractivity contribution in [3.05, 3.63) is 27.7 Å². The monoisotopic (exact) mass is 278 g/mol. The van der Waals surface area contributed by atoms with E-state index in [-0.39, 0.29) is 12.4 Å². The van der Waals surface area contributed by atoms with E-state index >= 15 is 0 Å². The van der Waals surface area contributed by atoms with Gasteiger partial charge in [-0.2, -0.15) is 0 Å². The Hall–Kier alpha value is -0.150. The normalized spacial score (nSPS) is 22.4. The number of hydrogen-bond donors (Lipinski definition) is 1. The molecule has 1 aromatic carbocycles. The summed E-state index contributed by atoms with van der Waals surface area (Å²) < 4.78 is 0. The lowest BCUT2D eigenvalue weighted by Gasteiger charge is -2.32. The molecule has 0 aromatic heterocycles. The van der Waals surface area contributed by atoms with E-state index in [1.165, 1.54) is 11.3 Å². The van der Waals surface area contributed by atoms with Crippen LogP contribution < -0.4 is 10.2 Å². The average Bonchev–Trinajstić information content (AvgIpc) is 2.57. The smallest absolute Gasteiger partial charge is 0.0613 e. The van der Waals surface area contributed by atoms with Gasteiger partial charge in [-0.1, -0.05) is 23.2 Å². The van der Waals surface area contributed by atoms with E-state index in [9.17, 15) is 0 Å². The maximum Gasteiger partial charge on any atom is 0.0613 e. The second-order valence-electron chi connectivity index (χ2n) is 4.15. The molecule has 1 atom stereocenters. The van der Waals surface area contributed by atoms with Crippen LogP contribution in [0.4, 0.5) is 5.69 Å². The summed E-state index contributed by atoms with van der Waals surface area (Å²) in [6.45, 7) is 3.18. The summed E-state index contributed by atoms with van der Waals surface area (Å²) in [6, 6.07) is 4.60. The van der Waals surface area contributed by atoms with Gasteiger partial charge in [0.25, 0.3) is 0 Å². The lowest BCUT2D eigenvalue weighted by Crippen LogP contribution is -2.49. The first kappa shape index (κ1) is 12.3. The molecule has 0 radical (unpaired) electrons. The molecule has 0 spiro atoms. The van der Waals surface area contributed by atoms with Gasteiger partial charge in [0.05, 0.1) is 10.0 Å². The topological polar surface area (TPSA) is 15.3 Å². The maximum atomic E-state index is 6.05. The highest BCUT2D eigenvalue weighted by Gasteiger charge is 2.31. The summed E-state index contributed by atoms with van der Waals surface area (Å²) in [7, 11) is 0. The van der Waals surface area contributed by atoms with Crippen LogP contribution in [0, 0.1) is 0 Å².